The Morgan fingerprint density at radius 3 is 2.52 bits per heavy atom. The number of rotatable bonds is 4. The maximum atomic E-state index is 12.0. The van der Waals surface area contributed by atoms with Gasteiger partial charge in [-0.05, 0) is 30.7 Å². The van der Waals surface area contributed by atoms with E-state index in [0.717, 1.165) is 58.0 Å². The van der Waals surface area contributed by atoms with Gasteiger partial charge in [0.15, 0.2) is 0 Å². The van der Waals surface area contributed by atoms with Gasteiger partial charge in [-0.3, -0.25) is 9.69 Å². The summed E-state index contributed by atoms with van der Waals surface area (Å²) < 4.78 is 5.35. The van der Waals surface area contributed by atoms with E-state index in [1.165, 1.54) is 5.56 Å². The quantitative estimate of drug-likeness (QED) is 0.859. The highest BCUT2D eigenvalue weighted by Crippen LogP contribution is 2.15. The molecule has 2 N–H and O–H groups in total. The number of hydrogen-bond acceptors (Lipinski definition) is 4. The number of amides is 1. The molecule has 1 unspecified atom stereocenters. The van der Waals surface area contributed by atoms with E-state index in [0.29, 0.717) is 0 Å². The van der Waals surface area contributed by atoms with Crippen molar-refractivity contribution in [2.24, 2.45) is 5.92 Å². The van der Waals surface area contributed by atoms with Crippen molar-refractivity contribution in [1.82, 2.24) is 10.2 Å². The van der Waals surface area contributed by atoms with E-state index in [4.69, 9.17) is 4.74 Å². The van der Waals surface area contributed by atoms with E-state index in [1.54, 1.807) is 0 Å². The van der Waals surface area contributed by atoms with Crippen LogP contribution in [0.5, 0.6) is 0 Å². The van der Waals surface area contributed by atoms with Gasteiger partial charge in [0, 0.05) is 31.9 Å². The van der Waals surface area contributed by atoms with Crippen LogP contribution in [0.4, 0.5) is 5.69 Å². The summed E-state index contributed by atoms with van der Waals surface area (Å²) in [4.78, 5) is 14.4. The van der Waals surface area contributed by atoms with Crippen molar-refractivity contribution in [2.75, 3.05) is 44.7 Å². The average Bonchev–Trinajstić information content (AvgIpc) is 3.05. The number of nitrogens with zero attached hydrogens (tertiary/aromatic N) is 1. The van der Waals surface area contributed by atoms with Gasteiger partial charge in [-0.2, -0.15) is 0 Å². The molecule has 23 heavy (non-hydrogen) atoms. The Morgan fingerprint density at radius 1 is 1.22 bits per heavy atom. The molecule has 0 aromatic heterocycles. The van der Waals surface area contributed by atoms with Crippen LogP contribution in [0.3, 0.4) is 0 Å². The predicted octanol–water partition coefficient (Wildman–Crippen LogP) is 1.91. The highest BCUT2D eigenvalue weighted by atomic mass is 35.5. The third kappa shape index (κ3) is 5.94. The topological polar surface area (TPSA) is 53.6 Å². The number of nitrogens with one attached hydrogen (secondary N) is 2. The molecule has 2 aliphatic rings. The van der Waals surface area contributed by atoms with Gasteiger partial charge < -0.3 is 15.4 Å². The lowest BCUT2D eigenvalue weighted by Crippen LogP contribution is -2.35. The molecule has 0 saturated carbocycles. The van der Waals surface area contributed by atoms with Crippen molar-refractivity contribution in [3.8, 4) is 0 Å². The van der Waals surface area contributed by atoms with E-state index >= 15 is 0 Å². The Hall–Kier alpha value is -0.850. The molecular formula is C16H25Cl2N3O2. The van der Waals surface area contributed by atoms with Crippen LogP contribution < -0.4 is 10.6 Å². The van der Waals surface area contributed by atoms with Gasteiger partial charge in [0.1, 0.15) is 0 Å². The van der Waals surface area contributed by atoms with Crippen LogP contribution in [-0.2, 0) is 16.1 Å². The van der Waals surface area contributed by atoms with E-state index in [9.17, 15) is 4.79 Å². The van der Waals surface area contributed by atoms with Gasteiger partial charge >= 0.3 is 0 Å². The van der Waals surface area contributed by atoms with Gasteiger partial charge in [0.25, 0.3) is 0 Å². The summed E-state index contributed by atoms with van der Waals surface area (Å²) in [6, 6.07) is 8.18. The van der Waals surface area contributed by atoms with Crippen LogP contribution in [0.2, 0.25) is 0 Å². The number of halogens is 2. The Bertz CT molecular complexity index is 473. The number of ether oxygens (including phenoxy) is 1. The lowest BCUT2D eigenvalue weighted by Gasteiger charge is -2.26. The van der Waals surface area contributed by atoms with Gasteiger partial charge in [-0.1, -0.05) is 12.1 Å². The zero-order valence-electron chi connectivity index (χ0n) is 13.1. The predicted molar refractivity (Wildman–Crippen MR) is 96.6 cm³/mol. The molecule has 0 bridgehead atoms. The molecule has 2 aliphatic heterocycles. The SMILES string of the molecule is Cl.Cl.O=C(Nc1ccc(CN2CCOCC2)cc1)C1CCNC1. The first-order valence-corrected chi connectivity index (χ1v) is 7.72. The summed E-state index contributed by atoms with van der Waals surface area (Å²) in [5.41, 5.74) is 2.16. The standard InChI is InChI=1S/C16H23N3O2.2ClH/c20-16(14-5-6-17-11-14)18-15-3-1-13(2-4-15)12-19-7-9-21-10-8-19;;/h1-4,14,17H,5-12H2,(H,18,20);2*1H. The number of carbonyl (C=O) groups is 1. The van der Waals surface area contributed by atoms with Crippen LogP contribution in [0.15, 0.2) is 24.3 Å². The molecule has 1 atom stereocenters. The molecule has 130 valence electrons. The van der Waals surface area contributed by atoms with Crippen molar-refractivity contribution in [2.45, 2.75) is 13.0 Å². The zero-order chi connectivity index (χ0) is 14.5. The fourth-order valence-corrected chi connectivity index (χ4v) is 2.83. The van der Waals surface area contributed by atoms with Crippen molar-refractivity contribution in [3.63, 3.8) is 0 Å². The minimum absolute atomic E-state index is 0. The minimum Gasteiger partial charge on any atom is -0.379 e. The monoisotopic (exact) mass is 361 g/mol. The third-order valence-electron chi connectivity index (χ3n) is 4.16. The molecule has 2 heterocycles. The largest absolute Gasteiger partial charge is 0.379 e. The molecule has 2 fully saturated rings. The molecule has 1 amide bonds. The molecule has 0 radical (unpaired) electrons. The zero-order valence-corrected chi connectivity index (χ0v) is 14.8. The lowest BCUT2D eigenvalue weighted by molar-refractivity contribution is -0.119. The fraction of sp³-hybridized carbons (Fsp3) is 0.562. The maximum Gasteiger partial charge on any atom is 0.228 e. The summed E-state index contributed by atoms with van der Waals surface area (Å²) in [5.74, 6) is 0.235. The summed E-state index contributed by atoms with van der Waals surface area (Å²) >= 11 is 0. The second-order valence-electron chi connectivity index (χ2n) is 5.76. The van der Waals surface area contributed by atoms with E-state index < -0.39 is 0 Å². The first kappa shape index (κ1) is 20.2. The van der Waals surface area contributed by atoms with E-state index in [1.807, 2.05) is 12.1 Å². The molecule has 0 aliphatic carbocycles. The van der Waals surface area contributed by atoms with Crippen molar-refractivity contribution >= 4 is 36.4 Å². The Morgan fingerprint density at radius 2 is 1.91 bits per heavy atom. The van der Waals surface area contributed by atoms with Crippen LogP contribution in [0.1, 0.15) is 12.0 Å². The fourth-order valence-electron chi connectivity index (χ4n) is 2.83. The molecule has 7 heteroatoms. The number of morpholine rings is 1. The highest BCUT2D eigenvalue weighted by molar-refractivity contribution is 5.92. The van der Waals surface area contributed by atoms with Crippen molar-refractivity contribution < 1.29 is 9.53 Å². The summed E-state index contributed by atoms with van der Waals surface area (Å²) in [7, 11) is 0. The number of anilines is 1. The van der Waals surface area contributed by atoms with Gasteiger partial charge in [0.2, 0.25) is 5.91 Å². The van der Waals surface area contributed by atoms with Crippen LogP contribution in [-0.4, -0.2) is 50.2 Å². The number of benzene rings is 1. The summed E-state index contributed by atoms with van der Waals surface area (Å²) in [5, 5.41) is 6.22. The summed E-state index contributed by atoms with van der Waals surface area (Å²) in [6.45, 7) is 6.31. The molecular weight excluding hydrogens is 337 g/mol. The Labute approximate surface area is 150 Å². The van der Waals surface area contributed by atoms with Crippen molar-refractivity contribution in [3.05, 3.63) is 29.8 Å². The second-order valence-corrected chi connectivity index (χ2v) is 5.76. The van der Waals surface area contributed by atoms with Crippen LogP contribution in [0.25, 0.3) is 0 Å². The van der Waals surface area contributed by atoms with Crippen molar-refractivity contribution in [1.29, 1.82) is 0 Å². The Kier molecular flexibility index (Phi) is 8.87. The highest BCUT2D eigenvalue weighted by Gasteiger charge is 2.22. The normalized spacial score (nSPS) is 21.1. The number of carbonyl (C=O) groups excluding carboxylic acids is 1. The van der Waals surface area contributed by atoms with Gasteiger partial charge in [0.05, 0.1) is 19.1 Å². The average molecular weight is 362 g/mol. The maximum absolute atomic E-state index is 12.0. The second kappa shape index (κ2) is 10.1. The molecule has 3 rings (SSSR count). The van der Waals surface area contributed by atoms with E-state index in [2.05, 4.69) is 27.7 Å². The van der Waals surface area contributed by atoms with Gasteiger partial charge in [-0.25, -0.2) is 0 Å². The Balaban J connectivity index is 0.00000132. The third-order valence-corrected chi connectivity index (χ3v) is 4.16. The smallest absolute Gasteiger partial charge is 0.228 e. The molecule has 0 spiro atoms. The molecule has 1 aromatic rings. The first-order chi connectivity index (χ1) is 10.3. The van der Waals surface area contributed by atoms with E-state index in [-0.39, 0.29) is 36.6 Å². The van der Waals surface area contributed by atoms with Crippen LogP contribution >= 0.6 is 24.8 Å². The van der Waals surface area contributed by atoms with Gasteiger partial charge in [-0.15, -0.1) is 24.8 Å². The van der Waals surface area contributed by atoms with Crippen LogP contribution in [0, 0.1) is 5.92 Å². The lowest BCUT2D eigenvalue weighted by atomic mass is 10.1. The minimum atomic E-state index is 0. The first-order valence-electron chi connectivity index (χ1n) is 7.72. The molecule has 5 nitrogen and oxygen atoms in total. The molecule has 1 aromatic carbocycles. The summed E-state index contributed by atoms with van der Waals surface area (Å²) in [6.07, 6.45) is 0.931. The molecule has 2 saturated heterocycles. The number of hydrogen-bond donors (Lipinski definition) is 2.